The van der Waals surface area contributed by atoms with Crippen LogP contribution < -0.4 is 0 Å². The van der Waals surface area contributed by atoms with Crippen molar-refractivity contribution in [3.63, 3.8) is 0 Å². The lowest BCUT2D eigenvalue weighted by molar-refractivity contribution is 0.332. The first-order chi connectivity index (χ1) is 5.16. The Morgan fingerprint density at radius 2 is 2.00 bits per heavy atom. The van der Waals surface area contributed by atoms with E-state index < -0.39 is 0 Å². The number of nitrogens with zero attached hydrogens (tertiary/aromatic N) is 1. The zero-order valence-corrected chi connectivity index (χ0v) is 8.19. The van der Waals surface area contributed by atoms with Crippen LogP contribution >= 0.6 is 0 Å². The molecule has 0 spiro atoms. The van der Waals surface area contributed by atoms with Crippen LogP contribution in [0, 0.1) is 0 Å². The van der Waals surface area contributed by atoms with Gasteiger partial charge in [0.05, 0.1) is 0 Å². The summed E-state index contributed by atoms with van der Waals surface area (Å²) in [5, 5.41) is 0. The Kier molecular flexibility index (Phi) is 6.24. The summed E-state index contributed by atoms with van der Waals surface area (Å²) in [5.74, 6) is 0. The quantitative estimate of drug-likeness (QED) is 0.533. The Bertz CT molecular complexity index is 107. The molecule has 0 aliphatic rings. The molecule has 0 amide bonds. The molecule has 0 saturated carbocycles. The maximum atomic E-state index is 3.88. The van der Waals surface area contributed by atoms with Gasteiger partial charge in [0, 0.05) is 6.54 Å². The van der Waals surface area contributed by atoms with Crippen LogP contribution in [0.2, 0.25) is 0 Å². The van der Waals surface area contributed by atoms with Gasteiger partial charge in [0.15, 0.2) is 0 Å². The van der Waals surface area contributed by atoms with E-state index in [-0.39, 0.29) is 0 Å². The molecule has 0 atom stereocenters. The largest absolute Gasteiger partial charge is 0.306 e. The smallest absolute Gasteiger partial charge is 0.00153 e. The summed E-state index contributed by atoms with van der Waals surface area (Å²) in [6, 6.07) is 0. The first-order valence-electron chi connectivity index (χ1n) is 4.49. The molecule has 1 nitrogen and oxygen atoms in total. The van der Waals surface area contributed by atoms with Crippen molar-refractivity contribution in [1.82, 2.24) is 4.90 Å². The molecule has 0 aliphatic heterocycles. The fraction of sp³-hybridized carbons (Fsp3) is 0.800. The van der Waals surface area contributed by atoms with Crippen LogP contribution in [-0.2, 0) is 0 Å². The summed E-state index contributed by atoms with van der Waals surface area (Å²) in [6.07, 6.45) is 3.74. The molecule has 0 aromatic heterocycles. The van der Waals surface area contributed by atoms with Gasteiger partial charge >= 0.3 is 0 Å². The second-order valence-electron chi connectivity index (χ2n) is 3.36. The van der Waals surface area contributed by atoms with E-state index in [4.69, 9.17) is 0 Å². The molecule has 0 N–H and O–H groups in total. The van der Waals surface area contributed by atoms with Gasteiger partial charge < -0.3 is 4.90 Å². The van der Waals surface area contributed by atoms with Crippen molar-refractivity contribution in [3.05, 3.63) is 12.2 Å². The molecule has 0 rings (SSSR count). The monoisotopic (exact) mass is 155 g/mol. The Morgan fingerprint density at radius 1 is 1.36 bits per heavy atom. The Labute approximate surface area is 71.1 Å². The predicted octanol–water partition coefficient (Wildman–Crippen LogP) is 2.68. The SMILES string of the molecule is C=C(C)CCN(C)CCCC. The van der Waals surface area contributed by atoms with Crippen molar-refractivity contribution in [3.8, 4) is 0 Å². The van der Waals surface area contributed by atoms with Gasteiger partial charge in [-0.25, -0.2) is 0 Å². The molecule has 0 aromatic rings. The van der Waals surface area contributed by atoms with Gasteiger partial charge in [-0.3, -0.25) is 0 Å². The maximum Gasteiger partial charge on any atom is 0.00153 e. The second-order valence-corrected chi connectivity index (χ2v) is 3.36. The van der Waals surface area contributed by atoms with Crippen LogP contribution in [0.4, 0.5) is 0 Å². The van der Waals surface area contributed by atoms with Gasteiger partial charge in [0.1, 0.15) is 0 Å². The average Bonchev–Trinajstić information content (AvgIpc) is 1.97. The van der Waals surface area contributed by atoms with Gasteiger partial charge in [-0.05, 0) is 33.4 Å². The third-order valence-electron chi connectivity index (χ3n) is 1.81. The fourth-order valence-electron chi connectivity index (χ4n) is 0.922. The lowest BCUT2D eigenvalue weighted by Gasteiger charge is -2.15. The number of hydrogen-bond donors (Lipinski definition) is 0. The lowest BCUT2D eigenvalue weighted by atomic mass is 10.2. The van der Waals surface area contributed by atoms with E-state index in [0.29, 0.717) is 0 Å². The minimum Gasteiger partial charge on any atom is -0.306 e. The predicted molar refractivity (Wildman–Crippen MR) is 51.8 cm³/mol. The average molecular weight is 155 g/mol. The molecule has 0 bridgehead atoms. The highest BCUT2D eigenvalue weighted by Gasteiger charge is 1.95. The molecule has 0 aromatic carbocycles. The van der Waals surface area contributed by atoms with Crippen LogP contribution in [0.15, 0.2) is 12.2 Å². The van der Waals surface area contributed by atoms with Crippen molar-refractivity contribution >= 4 is 0 Å². The summed E-state index contributed by atoms with van der Waals surface area (Å²) in [4.78, 5) is 2.37. The van der Waals surface area contributed by atoms with Crippen molar-refractivity contribution in [2.24, 2.45) is 0 Å². The van der Waals surface area contributed by atoms with Crippen molar-refractivity contribution < 1.29 is 0 Å². The third kappa shape index (κ3) is 7.60. The van der Waals surface area contributed by atoms with Gasteiger partial charge in [-0.2, -0.15) is 0 Å². The standard InChI is InChI=1S/C10H21N/c1-5-6-8-11(4)9-7-10(2)3/h2,5-9H2,1,3-4H3. The first kappa shape index (κ1) is 10.7. The maximum absolute atomic E-state index is 3.88. The third-order valence-corrected chi connectivity index (χ3v) is 1.81. The number of rotatable bonds is 6. The van der Waals surface area contributed by atoms with Gasteiger partial charge in [0.25, 0.3) is 0 Å². The molecule has 0 radical (unpaired) electrons. The second kappa shape index (κ2) is 6.41. The van der Waals surface area contributed by atoms with E-state index in [9.17, 15) is 0 Å². The molecule has 66 valence electrons. The summed E-state index contributed by atoms with van der Waals surface area (Å²) < 4.78 is 0. The summed E-state index contributed by atoms with van der Waals surface area (Å²) in [6.45, 7) is 10.6. The molecule has 0 heterocycles. The fourth-order valence-corrected chi connectivity index (χ4v) is 0.922. The highest BCUT2D eigenvalue weighted by Crippen LogP contribution is 1.98. The molecule has 11 heavy (non-hydrogen) atoms. The molecular weight excluding hydrogens is 134 g/mol. The Hall–Kier alpha value is -0.300. The van der Waals surface area contributed by atoms with E-state index in [2.05, 4.69) is 32.4 Å². The number of hydrogen-bond acceptors (Lipinski definition) is 1. The van der Waals surface area contributed by atoms with Crippen LogP contribution in [0.5, 0.6) is 0 Å². The highest BCUT2D eigenvalue weighted by atomic mass is 15.1. The molecule has 0 saturated heterocycles. The lowest BCUT2D eigenvalue weighted by Crippen LogP contribution is -2.20. The zero-order valence-electron chi connectivity index (χ0n) is 8.19. The van der Waals surface area contributed by atoms with E-state index in [1.165, 1.54) is 25.0 Å². The van der Waals surface area contributed by atoms with Crippen LogP contribution in [-0.4, -0.2) is 25.0 Å². The Balaban J connectivity index is 3.22. The van der Waals surface area contributed by atoms with Crippen LogP contribution in [0.1, 0.15) is 33.1 Å². The van der Waals surface area contributed by atoms with E-state index >= 15 is 0 Å². The summed E-state index contributed by atoms with van der Waals surface area (Å²) in [5.41, 5.74) is 1.29. The van der Waals surface area contributed by atoms with Gasteiger partial charge in [-0.15, -0.1) is 6.58 Å². The molecular formula is C10H21N. The minimum atomic E-state index is 1.14. The normalized spacial score (nSPS) is 10.5. The van der Waals surface area contributed by atoms with Gasteiger partial charge in [-0.1, -0.05) is 18.9 Å². The van der Waals surface area contributed by atoms with Crippen LogP contribution in [0.3, 0.4) is 0 Å². The van der Waals surface area contributed by atoms with Crippen LogP contribution in [0.25, 0.3) is 0 Å². The molecule has 0 aliphatic carbocycles. The summed E-state index contributed by atoms with van der Waals surface area (Å²) in [7, 11) is 2.18. The molecule has 0 fully saturated rings. The molecule has 0 unspecified atom stereocenters. The van der Waals surface area contributed by atoms with E-state index in [1.807, 2.05) is 0 Å². The molecule has 1 heteroatoms. The van der Waals surface area contributed by atoms with E-state index in [1.54, 1.807) is 0 Å². The van der Waals surface area contributed by atoms with Crippen molar-refractivity contribution in [2.75, 3.05) is 20.1 Å². The zero-order chi connectivity index (χ0) is 8.69. The van der Waals surface area contributed by atoms with Crippen molar-refractivity contribution in [1.29, 1.82) is 0 Å². The van der Waals surface area contributed by atoms with E-state index in [0.717, 1.165) is 13.0 Å². The van der Waals surface area contributed by atoms with Gasteiger partial charge in [0.2, 0.25) is 0 Å². The topological polar surface area (TPSA) is 3.24 Å². The summed E-state index contributed by atoms with van der Waals surface area (Å²) >= 11 is 0. The minimum absolute atomic E-state index is 1.14. The Morgan fingerprint density at radius 3 is 2.45 bits per heavy atom. The number of unbranched alkanes of at least 4 members (excludes halogenated alkanes) is 1. The van der Waals surface area contributed by atoms with Crippen molar-refractivity contribution in [2.45, 2.75) is 33.1 Å². The highest BCUT2D eigenvalue weighted by molar-refractivity contribution is 4.88. The first-order valence-corrected chi connectivity index (χ1v) is 4.49.